The maximum atomic E-state index is 10.7. The van der Waals surface area contributed by atoms with Gasteiger partial charge >= 0.3 is 0 Å². The summed E-state index contributed by atoms with van der Waals surface area (Å²) in [7, 11) is 0. The van der Waals surface area contributed by atoms with Crippen LogP contribution in [0.1, 0.15) is 46.6 Å². The lowest BCUT2D eigenvalue weighted by Crippen LogP contribution is -2.29. The number of phenolic OH excluding ortho intramolecular Hbond substituents is 1. The van der Waals surface area contributed by atoms with Crippen LogP contribution in [0.15, 0.2) is 58.8 Å². The molecule has 7 heteroatoms. The fourth-order valence-corrected chi connectivity index (χ4v) is 2.74. The van der Waals surface area contributed by atoms with Crippen molar-refractivity contribution < 1.29 is 10.2 Å². The van der Waals surface area contributed by atoms with Crippen molar-refractivity contribution in [3.8, 4) is 5.75 Å². The molecule has 0 fully saturated rings. The molecule has 1 unspecified atom stereocenters. The average Bonchev–Trinajstić information content (AvgIpc) is 2.66. The first-order valence-corrected chi connectivity index (χ1v) is 10.3. The van der Waals surface area contributed by atoms with Crippen molar-refractivity contribution in [1.29, 1.82) is 0 Å². The lowest BCUT2D eigenvalue weighted by atomic mass is 9.91. The minimum atomic E-state index is -1.15. The summed E-state index contributed by atoms with van der Waals surface area (Å²) >= 11 is 9.27. The van der Waals surface area contributed by atoms with E-state index in [0.29, 0.717) is 16.4 Å². The molecule has 0 heterocycles. The van der Waals surface area contributed by atoms with Crippen LogP contribution in [0.2, 0.25) is 5.02 Å². The van der Waals surface area contributed by atoms with Crippen LogP contribution >= 0.6 is 27.5 Å². The van der Waals surface area contributed by atoms with E-state index in [1.54, 1.807) is 13.0 Å². The highest BCUT2D eigenvalue weighted by atomic mass is 79.9. The fourth-order valence-electron chi connectivity index (χ4n) is 2.31. The van der Waals surface area contributed by atoms with E-state index in [9.17, 15) is 10.2 Å². The minimum absolute atomic E-state index is 0.0226. The molecule has 0 bridgehead atoms. The molecular formula is C21H31BrClN3O2. The highest BCUT2D eigenvalue weighted by molar-refractivity contribution is 9.10. The van der Waals surface area contributed by atoms with Crippen molar-refractivity contribution in [3.63, 3.8) is 0 Å². The largest absolute Gasteiger partial charge is 0.506 e. The molecule has 2 aromatic carbocycles. The predicted molar refractivity (Wildman–Crippen MR) is 123 cm³/mol. The van der Waals surface area contributed by atoms with E-state index in [1.165, 1.54) is 23.3 Å². The number of rotatable bonds is 5. The topological polar surface area (TPSA) is 95.7 Å². The van der Waals surface area contributed by atoms with Crippen molar-refractivity contribution in [1.82, 2.24) is 0 Å². The van der Waals surface area contributed by atoms with E-state index >= 15 is 0 Å². The molecule has 156 valence electrons. The quantitative estimate of drug-likeness (QED) is 0.334. The third kappa shape index (κ3) is 8.10. The smallest absolute Gasteiger partial charge is 0.140 e. The number of hydrazine groups is 1. The second-order valence-corrected chi connectivity index (χ2v) is 7.05. The monoisotopic (exact) mass is 471 g/mol. The number of phenols is 1. The number of hydrogen-bond acceptors (Lipinski definition) is 5. The summed E-state index contributed by atoms with van der Waals surface area (Å²) in [6.07, 6.45) is 1.61. The molecule has 6 N–H and O–H groups in total. The molecule has 0 saturated heterocycles. The summed E-state index contributed by atoms with van der Waals surface area (Å²) in [6.45, 7) is 9.68. The van der Waals surface area contributed by atoms with Crippen LogP contribution in [0, 0.1) is 0 Å². The highest BCUT2D eigenvalue weighted by Crippen LogP contribution is 2.31. The average molecular weight is 473 g/mol. The van der Waals surface area contributed by atoms with Crippen LogP contribution in [0.25, 0.3) is 0 Å². The summed E-state index contributed by atoms with van der Waals surface area (Å²) in [6, 6.07) is 11.9. The molecule has 2 aromatic rings. The number of aromatic hydroxyl groups is 1. The Morgan fingerprint density at radius 2 is 1.68 bits per heavy atom. The Hall–Kier alpha value is -1.73. The zero-order valence-electron chi connectivity index (χ0n) is 17.1. The molecule has 28 heavy (non-hydrogen) atoms. The van der Waals surface area contributed by atoms with Crippen molar-refractivity contribution in [2.24, 2.45) is 11.6 Å². The van der Waals surface area contributed by atoms with Crippen LogP contribution in [0.5, 0.6) is 5.75 Å². The number of aliphatic hydroxyl groups is 1. The molecule has 0 aromatic heterocycles. The zero-order chi connectivity index (χ0) is 21.9. The van der Waals surface area contributed by atoms with Crippen molar-refractivity contribution in [3.05, 3.63) is 69.4 Å². The Balaban J connectivity index is 0.00000171. The molecule has 0 saturated carbocycles. The van der Waals surface area contributed by atoms with E-state index in [-0.39, 0.29) is 12.2 Å². The van der Waals surface area contributed by atoms with Crippen LogP contribution in [-0.2, 0) is 5.60 Å². The third-order valence-electron chi connectivity index (χ3n) is 3.54. The second-order valence-electron chi connectivity index (χ2n) is 5.70. The van der Waals surface area contributed by atoms with Gasteiger partial charge in [0.25, 0.3) is 0 Å². The van der Waals surface area contributed by atoms with Gasteiger partial charge in [-0.25, -0.2) is 5.84 Å². The summed E-state index contributed by atoms with van der Waals surface area (Å²) in [5, 5.41) is 22.1. The van der Waals surface area contributed by atoms with E-state index in [4.69, 9.17) is 23.2 Å². The van der Waals surface area contributed by atoms with Crippen LogP contribution < -0.4 is 16.6 Å². The first-order chi connectivity index (χ1) is 13.2. The van der Waals surface area contributed by atoms with E-state index in [2.05, 4.69) is 15.9 Å². The first kappa shape index (κ1) is 26.3. The summed E-state index contributed by atoms with van der Waals surface area (Å²) in [5.74, 6) is 5.89. The van der Waals surface area contributed by atoms with Crippen molar-refractivity contribution in [2.75, 3.05) is 5.01 Å². The van der Waals surface area contributed by atoms with Crippen molar-refractivity contribution >= 4 is 33.2 Å². The highest BCUT2D eigenvalue weighted by Gasteiger charge is 2.24. The first-order valence-electron chi connectivity index (χ1n) is 9.16. The van der Waals surface area contributed by atoms with Crippen molar-refractivity contribution in [2.45, 2.75) is 46.6 Å². The van der Waals surface area contributed by atoms with Gasteiger partial charge in [0.15, 0.2) is 0 Å². The standard InChI is InChI=1S/C17H19BrClN3O2.2C2H6/c1-17(24,11-2-4-12(18)5-3-11)9-14(20)10-22(21)15-8-13(19)6-7-16(15)23;2*1-2/h2-8,10,23-24H,9,20-21H2,1H3;2*1-2H3/b14-10-;;. The molecular weight excluding hydrogens is 442 g/mol. The summed E-state index contributed by atoms with van der Waals surface area (Å²) in [4.78, 5) is 0. The summed E-state index contributed by atoms with van der Waals surface area (Å²) in [5.41, 5.74) is 6.25. The number of nitrogens with two attached hydrogens (primary N) is 2. The van der Waals surface area contributed by atoms with Gasteiger partial charge in [-0.1, -0.05) is 67.4 Å². The van der Waals surface area contributed by atoms with Gasteiger partial charge in [-0.3, -0.25) is 5.01 Å². The van der Waals surface area contributed by atoms with Gasteiger partial charge in [-0.05, 0) is 42.8 Å². The Morgan fingerprint density at radius 1 is 1.14 bits per heavy atom. The molecule has 1 atom stereocenters. The van der Waals surface area contributed by atoms with E-state index in [1.807, 2.05) is 52.0 Å². The maximum absolute atomic E-state index is 10.7. The van der Waals surface area contributed by atoms with Gasteiger partial charge in [0.1, 0.15) is 11.4 Å². The molecule has 5 nitrogen and oxygen atoms in total. The molecule has 0 aliphatic carbocycles. The van der Waals surface area contributed by atoms with Gasteiger partial charge in [-0.15, -0.1) is 0 Å². The maximum Gasteiger partial charge on any atom is 0.140 e. The lowest BCUT2D eigenvalue weighted by Gasteiger charge is -2.25. The molecule has 0 spiro atoms. The molecule has 0 aliphatic heterocycles. The number of halogens is 2. The van der Waals surface area contributed by atoms with Crippen LogP contribution in [0.4, 0.5) is 5.69 Å². The van der Waals surface area contributed by atoms with E-state index in [0.717, 1.165) is 10.0 Å². The summed E-state index contributed by atoms with van der Waals surface area (Å²) < 4.78 is 0.926. The number of benzene rings is 2. The molecule has 0 amide bonds. The Labute approximate surface area is 181 Å². The second kappa shape index (κ2) is 12.7. The normalized spacial score (nSPS) is 12.7. The van der Waals surface area contributed by atoms with E-state index < -0.39 is 5.60 Å². The number of anilines is 1. The Morgan fingerprint density at radius 3 is 2.21 bits per heavy atom. The lowest BCUT2D eigenvalue weighted by molar-refractivity contribution is 0.0572. The fraction of sp³-hybridized carbons (Fsp3) is 0.333. The zero-order valence-corrected chi connectivity index (χ0v) is 19.4. The van der Waals surface area contributed by atoms with Gasteiger partial charge < -0.3 is 15.9 Å². The Bertz CT molecular complexity index is 750. The predicted octanol–water partition coefficient (Wildman–Crippen LogP) is 5.64. The SMILES string of the molecule is CC.CC.CC(O)(C/C(N)=C/N(N)c1cc(Cl)ccc1O)c1ccc(Br)cc1. The van der Waals surface area contributed by atoms with Crippen LogP contribution in [0.3, 0.4) is 0 Å². The molecule has 0 aliphatic rings. The molecule has 0 radical (unpaired) electrons. The Kier molecular flexibility index (Phi) is 11.9. The molecule has 2 rings (SSSR count). The minimum Gasteiger partial charge on any atom is -0.506 e. The van der Waals surface area contributed by atoms with Crippen LogP contribution in [-0.4, -0.2) is 10.2 Å². The van der Waals surface area contributed by atoms with Gasteiger partial charge in [0, 0.05) is 27.8 Å². The number of nitrogens with zero attached hydrogens (tertiary/aromatic N) is 1. The van der Waals surface area contributed by atoms with Gasteiger partial charge in [0.2, 0.25) is 0 Å². The number of hydrogen-bond donors (Lipinski definition) is 4. The third-order valence-corrected chi connectivity index (χ3v) is 4.30. The van der Waals surface area contributed by atoms with Gasteiger partial charge in [0.05, 0.1) is 5.60 Å². The van der Waals surface area contributed by atoms with Gasteiger partial charge in [-0.2, -0.15) is 0 Å².